The molecule has 0 N–H and O–H groups in total. The Hall–Kier alpha value is -1.80. The maximum Gasteiger partial charge on any atom is 0.119 e. The molecule has 8 heteroatoms. The lowest BCUT2D eigenvalue weighted by molar-refractivity contribution is 0.316. The van der Waals surface area contributed by atoms with E-state index in [-0.39, 0.29) is 23.5 Å². The molecule has 0 aliphatic carbocycles. The molecule has 0 aromatic heterocycles. The number of benzene rings is 2. The Morgan fingerprint density at radius 3 is 1.92 bits per heavy atom. The van der Waals surface area contributed by atoms with Gasteiger partial charge >= 0.3 is 0 Å². The van der Waals surface area contributed by atoms with Gasteiger partial charge in [-0.2, -0.15) is 0 Å². The van der Waals surface area contributed by atoms with Crippen molar-refractivity contribution in [3.63, 3.8) is 0 Å². The summed E-state index contributed by atoms with van der Waals surface area (Å²) >= 11 is 1.40. The van der Waals surface area contributed by atoms with Crippen LogP contribution in [0.2, 0.25) is 0 Å². The van der Waals surface area contributed by atoms with Crippen LogP contribution < -0.4 is 4.74 Å². The fourth-order valence-electron chi connectivity index (χ4n) is 1.54. The third kappa shape index (κ3) is 10.8. The van der Waals surface area contributed by atoms with Gasteiger partial charge < -0.3 is 8.92 Å². The van der Waals surface area contributed by atoms with Crippen LogP contribution in [0.5, 0.6) is 5.75 Å². The second-order valence-corrected chi connectivity index (χ2v) is 5.02. The van der Waals surface area contributed by atoms with Gasteiger partial charge in [0, 0.05) is 16.9 Å². The molecule has 24 heavy (non-hydrogen) atoms. The van der Waals surface area contributed by atoms with E-state index in [0.717, 1.165) is 29.2 Å². The van der Waals surface area contributed by atoms with Crippen molar-refractivity contribution >= 4 is 12.0 Å². The SMILES string of the molecule is CCCOc1ccc(COSc2ccccc2)cc1.F.F.F.F.F. The van der Waals surface area contributed by atoms with Gasteiger partial charge in [0.15, 0.2) is 0 Å². The molecule has 140 valence electrons. The molecule has 0 radical (unpaired) electrons. The summed E-state index contributed by atoms with van der Waals surface area (Å²) in [6.07, 6.45) is 1.03. The number of ether oxygens (including phenoxy) is 1. The minimum absolute atomic E-state index is 0. The molecule has 0 atom stereocenters. The first kappa shape index (κ1) is 30.1. The first-order valence-electron chi connectivity index (χ1n) is 6.44. The predicted octanol–water partition coefficient (Wildman–Crippen LogP) is 5.46. The summed E-state index contributed by atoms with van der Waals surface area (Å²) in [6.45, 7) is 3.45. The molecule has 0 saturated carbocycles. The predicted molar refractivity (Wildman–Crippen MR) is 91.8 cm³/mol. The van der Waals surface area contributed by atoms with E-state index in [2.05, 4.69) is 6.92 Å². The van der Waals surface area contributed by atoms with E-state index in [0.29, 0.717) is 6.61 Å². The zero-order chi connectivity index (χ0) is 13.3. The van der Waals surface area contributed by atoms with Crippen LogP contribution in [0.1, 0.15) is 18.9 Å². The summed E-state index contributed by atoms with van der Waals surface area (Å²) in [5.41, 5.74) is 1.15. The molecule has 2 nitrogen and oxygen atoms in total. The van der Waals surface area contributed by atoms with Gasteiger partial charge in [-0.1, -0.05) is 37.3 Å². The highest BCUT2D eigenvalue weighted by atomic mass is 32.2. The minimum atomic E-state index is 0. The molecule has 0 bridgehead atoms. The molecular weight excluding hydrogens is 351 g/mol. The van der Waals surface area contributed by atoms with E-state index >= 15 is 0 Å². The van der Waals surface area contributed by atoms with Crippen molar-refractivity contribution in [2.45, 2.75) is 24.8 Å². The quantitative estimate of drug-likeness (QED) is 0.473. The Morgan fingerprint density at radius 2 is 1.38 bits per heavy atom. The van der Waals surface area contributed by atoms with Gasteiger partial charge in [0.2, 0.25) is 0 Å². The molecular formula is C16H23F5O2S. The standard InChI is InChI=1S/C16H18O2S.5FH/c1-2-12-17-15-10-8-14(9-11-15)13-18-19-16-6-4-3-5-7-16;;;;;/h3-11H,2,12-13H2,1H3;5*1H. The lowest BCUT2D eigenvalue weighted by Gasteiger charge is -2.06. The first-order chi connectivity index (χ1) is 9.38. The number of halogens is 5. The molecule has 0 saturated heterocycles. The zero-order valence-corrected chi connectivity index (χ0v) is 13.9. The summed E-state index contributed by atoms with van der Waals surface area (Å²) in [4.78, 5) is 1.12. The fraction of sp³-hybridized carbons (Fsp3) is 0.250. The van der Waals surface area contributed by atoms with E-state index in [1.54, 1.807) is 0 Å². The largest absolute Gasteiger partial charge is 0.494 e. The Morgan fingerprint density at radius 1 is 0.792 bits per heavy atom. The third-order valence-corrected chi connectivity index (χ3v) is 3.22. The van der Waals surface area contributed by atoms with Crippen LogP contribution in [0.15, 0.2) is 59.5 Å². The van der Waals surface area contributed by atoms with Gasteiger partial charge in [-0.3, -0.25) is 23.5 Å². The molecule has 2 aromatic carbocycles. The maximum absolute atomic E-state index is 5.60. The van der Waals surface area contributed by atoms with E-state index in [9.17, 15) is 0 Å². The van der Waals surface area contributed by atoms with Crippen LogP contribution in [0.3, 0.4) is 0 Å². The number of hydrogen-bond acceptors (Lipinski definition) is 3. The van der Waals surface area contributed by atoms with Gasteiger partial charge in [-0.05, 0) is 36.2 Å². The van der Waals surface area contributed by atoms with Gasteiger partial charge in [0.1, 0.15) is 5.75 Å². The van der Waals surface area contributed by atoms with E-state index in [1.807, 2.05) is 54.6 Å². The Labute approximate surface area is 142 Å². The monoisotopic (exact) mass is 374 g/mol. The second kappa shape index (κ2) is 17.6. The van der Waals surface area contributed by atoms with Crippen LogP contribution in [0.25, 0.3) is 0 Å². The molecule has 0 aliphatic heterocycles. The molecule has 0 unspecified atom stereocenters. The van der Waals surface area contributed by atoms with Crippen molar-refractivity contribution in [3.8, 4) is 5.75 Å². The summed E-state index contributed by atoms with van der Waals surface area (Å²) in [6, 6.07) is 18.1. The smallest absolute Gasteiger partial charge is 0.119 e. The van der Waals surface area contributed by atoms with Crippen LogP contribution in [0.4, 0.5) is 23.5 Å². The molecule has 0 aliphatic rings. The highest BCUT2D eigenvalue weighted by Gasteiger charge is 1.97. The molecule has 0 amide bonds. The van der Waals surface area contributed by atoms with Crippen molar-refractivity contribution in [2.75, 3.05) is 6.61 Å². The highest BCUT2D eigenvalue weighted by Crippen LogP contribution is 2.21. The Bertz CT molecular complexity index is 486. The highest BCUT2D eigenvalue weighted by molar-refractivity contribution is 7.94. The minimum Gasteiger partial charge on any atom is -0.494 e. The number of rotatable bonds is 7. The van der Waals surface area contributed by atoms with Crippen LogP contribution >= 0.6 is 12.0 Å². The van der Waals surface area contributed by atoms with Crippen molar-refractivity contribution in [2.24, 2.45) is 0 Å². The summed E-state index contributed by atoms with van der Waals surface area (Å²) in [7, 11) is 0. The van der Waals surface area contributed by atoms with Gasteiger partial charge in [-0.25, -0.2) is 0 Å². The van der Waals surface area contributed by atoms with Crippen LogP contribution in [-0.2, 0) is 10.8 Å². The first-order valence-corrected chi connectivity index (χ1v) is 7.19. The molecule has 2 aromatic rings. The molecule has 0 spiro atoms. The summed E-state index contributed by atoms with van der Waals surface area (Å²) in [5, 5.41) is 0. The van der Waals surface area contributed by atoms with Gasteiger partial charge in [0.25, 0.3) is 0 Å². The van der Waals surface area contributed by atoms with Crippen molar-refractivity contribution in [3.05, 3.63) is 60.2 Å². The lowest BCUT2D eigenvalue weighted by Crippen LogP contribution is -1.95. The third-order valence-electron chi connectivity index (χ3n) is 2.52. The Balaban J connectivity index is -0.000000400. The fourth-order valence-corrected chi connectivity index (χ4v) is 2.14. The topological polar surface area (TPSA) is 18.5 Å². The Kier molecular flexibility index (Phi) is 22.0. The van der Waals surface area contributed by atoms with Crippen LogP contribution in [-0.4, -0.2) is 6.61 Å². The van der Waals surface area contributed by atoms with E-state index in [4.69, 9.17) is 8.92 Å². The number of hydrogen-bond donors (Lipinski definition) is 0. The average molecular weight is 374 g/mol. The molecule has 0 fully saturated rings. The van der Waals surface area contributed by atoms with E-state index in [1.165, 1.54) is 12.0 Å². The zero-order valence-electron chi connectivity index (χ0n) is 13.1. The second-order valence-electron chi connectivity index (χ2n) is 4.15. The van der Waals surface area contributed by atoms with Crippen molar-refractivity contribution < 1.29 is 32.4 Å². The normalized spacial score (nSPS) is 8.21. The van der Waals surface area contributed by atoms with Gasteiger partial charge in [-0.15, -0.1) is 0 Å². The maximum atomic E-state index is 5.60. The average Bonchev–Trinajstić information content (AvgIpc) is 2.47. The summed E-state index contributed by atoms with van der Waals surface area (Å²) < 4.78 is 11.1. The van der Waals surface area contributed by atoms with Crippen molar-refractivity contribution in [1.82, 2.24) is 0 Å². The van der Waals surface area contributed by atoms with Crippen molar-refractivity contribution in [1.29, 1.82) is 0 Å². The molecule has 2 rings (SSSR count). The van der Waals surface area contributed by atoms with Crippen LogP contribution in [0, 0.1) is 0 Å². The van der Waals surface area contributed by atoms with E-state index < -0.39 is 0 Å². The van der Waals surface area contributed by atoms with Gasteiger partial charge in [0.05, 0.1) is 13.2 Å². The summed E-state index contributed by atoms with van der Waals surface area (Å²) in [5.74, 6) is 0.918. The lowest BCUT2D eigenvalue weighted by atomic mass is 10.2. The molecule has 0 heterocycles.